The number of aryl methyl sites for hydroxylation is 1. The molecule has 0 spiro atoms. The van der Waals surface area contributed by atoms with E-state index in [-0.39, 0.29) is 11.9 Å². The van der Waals surface area contributed by atoms with Gasteiger partial charge in [0.1, 0.15) is 5.69 Å². The van der Waals surface area contributed by atoms with Crippen LogP contribution in [0.25, 0.3) is 11.6 Å². The number of piperidine rings is 1. The molecule has 3 aromatic rings. The van der Waals surface area contributed by atoms with Gasteiger partial charge < -0.3 is 14.2 Å². The van der Waals surface area contributed by atoms with Crippen LogP contribution in [0.2, 0.25) is 10.2 Å². The van der Waals surface area contributed by atoms with Gasteiger partial charge in [0.15, 0.2) is 11.0 Å². The molecule has 2 aromatic heterocycles. The van der Waals surface area contributed by atoms with Crippen molar-refractivity contribution in [3.63, 3.8) is 0 Å². The Morgan fingerprint density at radius 3 is 2.49 bits per heavy atom. The standard InChI is InChI=1S/C28H35Cl2N7O2/c1-4-6-24-33-34-27(39-24)23-15-31-26(25(30)32-23)36-17-21(5-2)37(16-18(36)3)22-11-13-35(14-12-22)28(38)19-7-9-20(29)10-8-19/h7-10,15,18,21-22H,4-6,11-14,16-17H2,1-3H3/t18-,21+/m1/s1. The minimum absolute atomic E-state index is 0.0779. The fourth-order valence-corrected chi connectivity index (χ4v) is 6.05. The quantitative estimate of drug-likeness (QED) is 0.373. The minimum atomic E-state index is 0.0779. The second-order valence-corrected chi connectivity index (χ2v) is 11.2. The van der Waals surface area contributed by atoms with Crippen molar-refractivity contribution >= 4 is 34.9 Å². The van der Waals surface area contributed by atoms with E-state index in [0.717, 1.165) is 58.3 Å². The van der Waals surface area contributed by atoms with Crippen molar-refractivity contribution in [2.24, 2.45) is 0 Å². The van der Waals surface area contributed by atoms with Gasteiger partial charge in [0.25, 0.3) is 11.8 Å². The first kappa shape index (κ1) is 27.8. The topological polar surface area (TPSA) is 91.5 Å². The van der Waals surface area contributed by atoms with Crippen LogP contribution in [-0.2, 0) is 6.42 Å². The molecule has 2 atom stereocenters. The highest BCUT2D eigenvalue weighted by atomic mass is 35.5. The van der Waals surface area contributed by atoms with Crippen molar-refractivity contribution in [2.75, 3.05) is 31.1 Å². The highest BCUT2D eigenvalue weighted by Gasteiger charge is 2.38. The predicted octanol–water partition coefficient (Wildman–Crippen LogP) is 5.38. The number of halogens is 2. The average Bonchev–Trinajstić information content (AvgIpc) is 3.42. The lowest BCUT2D eigenvalue weighted by Gasteiger charge is -2.50. The van der Waals surface area contributed by atoms with Crippen molar-refractivity contribution in [3.8, 4) is 11.6 Å². The maximum absolute atomic E-state index is 13.0. The smallest absolute Gasteiger partial charge is 0.267 e. The molecule has 0 saturated carbocycles. The zero-order chi connectivity index (χ0) is 27.5. The van der Waals surface area contributed by atoms with E-state index >= 15 is 0 Å². The van der Waals surface area contributed by atoms with Crippen molar-refractivity contribution in [3.05, 3.63) is 52.1 Å². The fourth-order valence-electron chi connectivity index (χ4n) is 5.67. The summed E-state index contributed by atoms with van der Waals surface area (Å²) in [7, 11) is 0. The summed E-state index contributed by atoms with van der Waals surface area (Å²) >= 11 is 12.7. The van der Waals surface area contributed by atoms with Gasteiger partial charge in [0.2, 0.25) is 5.89 Å². The van der Waals surface area contributed by atoms with Crippen LogP contribution in [0.5, 0.6) is 0 Å². The number of hydrogen-bond donors (Lipinski definition) is 0. The lowest BCUT2D eigenvalue weighted by molar-refractivity contribution is 0.0435. The molecule has 2 aliphatic rings. The number of amides is 1. The van der Waals surface area contributed by atoms with E-state index in [1.54, 1.807) is 30.5 Å². The highest BCUT2D eigenvalue weighted by molar-refractivity contribution is 6.31. The summed E-state index contributed by atoms with van der Waals surface area (Å²) in [6.45, 7) is 9.72. The Kier molecular flexibility index (Phi) is 8.69. The maximum Gasteiger partial charge on any atom is 0.267 e. The molecule has 9 nitrogen and oxygen atoms in total. The molecule has 0 bridgehead atoms. The summed E-state index contributed by atoms with van der Waals surface area (Å²) in [5.74, 6) is 1.69. The average molecular weight is 573 g/mol. The molecule has 1 aromatic carbocycles. The summed E-state index contributed by atoms with van der Waals surface area (Å²) in [4.78, 5) is 29.1. The summed E-state index contributed by atoms with van der Waals surface area (Å²) < 4.78 is 5.71. The van der Waals surface area contributed by atoms with Crippen LogP contribution < -0.4 is 4.90 Å². The molecule has 4 heterocycles. The van der Waals surface area contributed by atoms with Gasteiger partial charge in [0.05, 0.1) is 6.20 Å². The maximum atomic E-state index is 13.0. The predicted molar refractivity (Wildman–Crippen MR) is 152 cm³/mol. The Hall–Kier alpha value is -2.75. The van der Waals surface area contributed by atoms with Gasteiger partial charge in [-0.25, -0.2) is 9.97 Å². The van der Waals surface area contributed by atoms with Crippen LogP contribution in [-0.4, -0.2) is 80.2 Å². The van der Waals surface area contributed by atoms with Gasteiger partial charge in [-0.15, -0.1) is 10.2 Å². The van der Waals surface area contributed by atoms with E-state index in [1.165, 1.54) is 0 Å². The third-order valence-corrected chi connectivity index (χ3v) is 8.31. The Bertz CT molecular complexity index is 1280. The zero-order valence-electron chi connectivity index (χ0n) is 22.7. The number of hydrogen-bond acceptors (Lipinski definition) is 8. The Morgan fingerprint density at radius 2 is 1.82 bits per heavy atom. The van der Waals surface area contributed by atoms with Crippen molar-refractivity contribution in [1.82, 2.24) is 30.0 Å². The molecule has 0 N–H and O–H groups in total. The van der Waals surface area contributed by atoms with Crippen LogP contribution in [0.15, 0.2) is 34.9 Å². The van der Waals surface area contributed by atoms with E-state index in [9.17, 15) is 4.79 Å². The third-order valence-electron chi connectivity index (χ3n) is 7.80. The second-order valence-electron chi connectivity index (χ2n) is 10.4. The van der Waals surface area contributed by atoms with E-state index in [4.69, 9.17) is 27.6 Å². The highest BCUT2D eigenvalue weighted by Crippen LogP contribution is 2.32. The Morgan fingerprint density at radius 1 is 1.08 bits per heavy atom. The summed E-state index contributed by atoms with van der Waals surface area (Å²) in [5.41, 5.74) is 1.17. The van der Waals surface area contributed by atoms with Crippen molar-refractivity contribution in [1.29, 1.82) is 0 Å². The summed E-state index contributed by atoms with van der Waals surface area (Å²) in [6.07, 6.45) is 6.25. The lowest BCUT2D eigenvalue weighted by Crippen LogP contribution is -2.62. The third kappa shape index (κ3) is 6.05. The first-order valence-corrected chi connectivity index (χ1v) is 14.6. The fraction of sp³-hybridized carbons (Fsp3) is 0.536. The molecular formula is C28H35Cl2N7O2. The number of likely N-dealkylation sites (tertiary alicyclic amines) is 1. The first-order valence-electron chi connectivity index (χ1n) is 13.8. The SMILES string of the molecule is CCCc1nnc(-c2cnc(N3C[C@H](CC)N(C4CCN(C(=O)c5ccc(Cl)cc5)CC4)C[C@H]3C)c(Cl)n2)o1. The van der Waals surface area contributed by atoms with Gasteiger partial charge in [-0.1, -0.05) is 37.0 Å². The lowest BCUT2D eigenvalue weighted by atomic mass is 9.96. The van der Waals surface area contributed by atoms with Crippen molar-refractivity contribution in [2.45, 2.75) is 71.0 Å². The minimum Gasteiger partial charge on any atom is -0.419 e. The molecule has 39 heavy (non-hydrogen) atoms. The van der Waals surface area contributed by atoms with Crippen LogP contribution >= 0.6 is 23.2 Å². The molecule has 2 saturated heterocycles. The Balaban J connectivity index is 1.23. The zero-order valence-corrected chi connectivity index (χ0v) is 24.2. The number of carbonyl (C=O) groups excluding carboxylic acids is 1. The summed E-state index contributed by atoms with van der Waals surface area (Å²) in [6, 6.07) is 8.15. The largest absolute Gasteiger partial charge is 0.419 e. The van der Waals surface area contributed by atoms with Crippen molar-refractivity contribution < 1.29 is 9.21 Å². The second kappa shape index (κ2) is 12.2. The number of anilines is 1. The monoisotopic (exact) mass is 571 g/mol. The molecule has 0 unspecified atom stereocenters. The van der Waals surface area contributed by atoms with Crippen LogP contribution in [0.4, 0.5) is 5.82 Å². The molecule has 5 rings (SSSR count). The van der Waals surface area contributed by atoms with Crippen LogP contribution in [0.1, 0.15) is 62.7 Å². The first-order chi connectivity index (χ1) is 18.9. The van der Waals surface area contributed by atoms with Gasteiger partial charge in [-0.3, -0.25) is 9.69 Å². The number of carbonyl (C=O) groups is 1. The molecule has 1 amide bonds. The normalized spacial score (nSPS) is 20.9. The number of piperazine rings is 1. The van der Waals surface area contributed by atoms with Gasteiger partial charge in [-0.05, 0) is 56.9 Å². The molecule has 11 heteroatoms. The van der Waals surface area contributed by atoms with Gasteiger partial charge >= 0.3 is 0 Å². The molecule has 0 radical (unpaired) electrons. The molecular weight excluding hydrogens is 537 g/mol. The van der Waals surface area contributed by atoms with E-state index < -0.39 is 0 Å². The number of nitrogens with zero attached hydrogens (tertiary/aromatic N) is 7. The number of rotatable bonds is 7. The van der Waals surface area contributed by atoms with Crippen LogP contribution in [0, 0.1) is 0 Å². The van der Waals surface area contributed by atoms with E-state index in [0.29, 0.717) is 51.1 Å². The molecule has 2 fully saturated rings. The van der Waals surface area contributed by atoms with E-state index in [1.807, 2.05) is 4.90 Å². The van der Waals surface area contributed by atoms with Gasteiger partial charge in [-0.2, -0.15) is 0 Å². The molecule has 0 aliphatic carbocycles. The van der Waals surface area contributed by atoms with E-state index in [2.05, 4.69) is 50.7 Å². The number of benzene rings is 1. The molecule has 208 valence electrons. The molecule has 2 aliphatic heterocycles. The van der Waals surface area contributed by atoms with Crippen LogP contribution in [0.3, 0.4) is 0 Å². The van der Waals surface area contributed by atoms with Gasteiger partial charge in [0, 0.05) is 61.3 Å². The summed E-state index contributed by atoms with van der Waals surface area (Å²) in [5, 5.41) is 9.15. The Labute approximate surface area is 239 Å². The number of aromatic nitrogens is 4.